The van der Waals surface area contributed by atoms with Gasteiger partial charge in [-0.05, 0) is 44.4 Å². The zero-order valence-electron chi connectivity index (χ0n) is 14.9. The molecular formula is C20H27ClN2O. The molecular weight excluding hydrogens is 320 g/mol. The molecule has 130 valence electrons. The number of halogens is 1. The summed E-state index contributed by atoms with van der Waals surface area (Å²) >= 11 is 6.15. The van der Waals surface area contributed by atoms with Crippen LogP contribution < -0.4 is 0 Å². The van der Waals surface area contributed by atoms with E-state index in [1.807, 2.05) is 26.0 Å². The second-order valence-corrected chi connectivity index (χ2v) is 6.77. The Bertz CT molecular complexity index is 691. The Hall–Kier alpha value is -1.61. The van der Waals surface area contributed by atoms with Crippen LogP contribution in [-0.2, 0) is 6.42 Å². The first-order chi connectivity index (χ1) is 11.6. The van der Waals surface area contributed by atoms with Gasteiger partial charge in [0, 0.05) is 5.69 Å². The molecule has 0 aliphatic heterocycles. The lowest BCUT2D eigenvalue weighted by atomic mass is 10.0. The van der Waals surface area contributed by atoms with Crippen LogP contribution in [0.5, 0.6) is 0 Å². The highest BCUT2D eigenvalue weighted by atomic mass is 35.5. The summed E-state index contributed by atoms with van der Waals surface area (Å²) in [7, 11) is 0. The molecule has 0 bridgehead atoms. The average Bonchev–Trinajstić information content (AvgIpc) is 2.85. The number of aromatic nitrogens is 2. The molecule has 0 saturated carbocycles. The van der Waals surface area contributed by atoms with Gasteiger partial charge in [-0.15, -0.1) is 0 Å². The van der Waals surface area contributed by atoms with E-state index in [1.54, 1.807) is 12.1 Å². The average molecular weight is 347 g/mol. The zero-order chi connectivity index (χ0) is 17.5. The van der Waals surface area contributed by atoms with Gasteiger partial charge in [0.05, 0.1) is 16.3 Å². The Morgan fingerprint density at radius 3 is 2.46 bits per heavy atom. The number of hydrogen-bond donors (Lipinski definition) is 0. The van der Waals surface area contributed by atoms with Crippen LogP contribution in [0, 0.1) is 13.8 Å². The topological polar surface area (TPSA) is 34.9 Å². The summed E-state index contributed by atoms with van der Waals surface area (Å²) in [6.07, 6.45) is 8.58. The number of nitrogens with zero attached hydrogens (tertiary/aromatic N) is 2. The number of aryl methyl sites for hydroxylation is 1. The van der Waals surface area contributed by atoms with Crippen molar-refractivity contribution in [2.24, 2.45) is 0 Å². The smallest absolute Gasteiger partial charge is 0.267 e. The summed E-state index contributed by atoms with van der Waals surface area (Å²) < 4.78 is 1.50. The Morgan fingerprint density at radius 1 is 1.08 bits per heavy atom. The summed E-state index contributed by atoms with van der Waals surface area (Å²) in [6.45, 7) is 6.19. The molecule has 4 heteroatoms. The largest absolute Gasteiger partial charge is 0.279 e. The minimum atomic E-state index is -0.157. The molecule has 0 amide bonds. The van der Waals surface area contributed by atoms with E-state index in [0.717, 1.165) is 24.2 Å². The van der Waals surface area contributed by atoms with Gasteiger partial charge in [0.1, 0.15) is 0 Å². The van der Waals surface area contributed by atoms with E-state index in [4.69, 9.17) is 11.6 Å². The van der Waals surface area contributed by atoms with Crippen LogP contribution in [0.3, 0.4) is 0 Å². The van der Waals surface area contributed by atoms with Crippen LogP contribution in [-0.4, -0.2) is 15.7 Å². The van der Waals surface area contributed by atoms with E-state index in [2.05, 4.69) is 12.0 Å². The first-order valence-corrected chi connectivity index (χ1v) is 9.28. The molecule has 0 fully saturated rings. The molecule has 1 aromatic heterocycles. The van der Waals surface area contributed by atoms with Crippen LogP contribution in [0.2, 0.25) is 5.02 Å². The summed E-state index contributed by atoms with van der Waals surface area (Å²) in [5.41, 5.74) is 3.58. The van der Waals surface area contributed by atoms with Crippen LogP contribution >= 0.6 is 11.6 Å². The molecule has 0 N–H and O–H groups in total. The molecule has 0 spiro atoms. The van der Waals surface area contributed by atoms with Gasteiger partial charge in [0.2, 0.25) is 0 Å². The lowest BCUT2D eigenvalue weighted by Gasteiger charge is -2.06. The van der Waals surface area contributed by atoms with Gasteiger partial charge >= 0.3 is 0 Å². The van der Waals surface area contributed by atoms with Gasteiger partial charge in [-0.25, -0.2) is 4.68 Å². The molecule has 0 saturated heterocycles. The van der Waals surface area contributed by atoms with Crippen molar-refractivity contribution in [1.29, 1.82) is 0 Å². The molecule has 1 aromatic carbocycles. The number of hydrogen-bond acceptors (Lipinski definition) is 2. The third-order valence-electron chi connectivity index (χ3n) is 4.52. The van der Waals surface area contributed by atoms with Crippen LogP contribution in [0.15, 0.2) is 24.3 Å². The number of unbranched alkanes of at least 4 members (excludes halogenated alkanes) is 5. The molecule has 0 atom stereocenters. The van der Waals surface area contributed by atoms with E-state index >= 15 is 0 Å². The third kappa shape index (κ3) is 4.47. The minimum Gasteiger partial charge on any atom is -0.267 e. The van der Waals surface area contributed by atoms with Gasteiger partial charge in [0.25, 0.3) is 5.91 Å². The SMILES string of the molecule is CCCCCCCCc1c(C)nn(C(=O)c2ccccc2Cl)c1C. The lowest BCUT2D eigenvalue weighted by Crippen LogP contribution is -2.16. The van der Waals surface area contributed by atoms with Crippen molar-refractivity contribution in [2.75, 3.05) is 0 Å². The van der Waals surface area contributed by atoms with Crippen LogP contribution in [0.1, 0.15) is 72.8 Å². The number of carbonyl (C=O) groups excluding carboxylic acids is 1. The van der Waals surface area contributed by atoms with Crippen molar-refractivity contribution >= 4 is 17.5 Å². The van der Waals surface area contributed by atoms with Crippen molar-refractivity contribution in [3.05, 3.63) is 51.8 Å². The predicted octanol–water partition coefficient (Wildman–Crippen LogP) is 5.74. The Balaban J connectivity index is 2.06. The molecule has 2 aromatic rings. The van der Waals surface area contributed by atoms with E-state index in [0.29, 0.717) is 10.6 Å². The normalized spacial score (nSPS) is 11.0. The van der Waals surface area contributed by atoms with E-state index in [9.17, 15) is 4.79 Å². The van der Waals surface area contributed by atoms with E-state index in [-0.39, 0.29) is 5.91 Å². The molecule has 0 unspecified atom stereocenters. The van der Waals surface area contributed by atoms with Gasteiger partial charge in [-0.1, -0.05) is 62.8 Å². The Kier molecular flexibility index (Phi) is 7.04. The van der Waals surface area contributed by atoms with Crippen molar-refractivity contribution in [1.82, 2.24) is 9.78 Å². The predicted molar refractivity (Wildman–Crippen MR) is 100.0 cm³/mol. The number of benzene rings is 1. The molecule has 0 aliphatic carbocycles. The highest BCUT2D eigenvalue weighted by molar-refractivity contribution is 6.33. The van der Waals surface area contributed by atoms with Gasteiger partial charge in [-0.2, -0.15) is 5.10 Å². The maximum Gasteiger partial charge on any atom is 0.279 e. The maximum atomic E-state index is 12.7. The highest BCUT2D eigenvalue weighted by Crippen LogP contribution is 2.21. The van der Waals surface area contributed by atoms with Gasteiger partial charge < -0.3 is 0 Å². The zero-order valence-corrected chi connectivity index (χ0v) is 15.7. The number of rotatable bonds is 8. The molecule has 2 rings (SSSR count). The quantitative estimate of drug-likeness (QED) is 0.571. The first-order valence-electron chi connectivity index (χ1n) is 8.90. The molecule has 0 aliphatic rings. The van der Waals surface area contributed by atoms with Crippen molar-refractivity contribution in [3.63, 3.8) is 0 Å². The second-order valence-electron chi connectivity index (χ2n) is 6.36. The van der Waals surface area contributed by atoms with Gasteiger partial charge in [0.15, 0.2) is 0 Å². The maximum absolute atomic E-state index is 12.7. The highest BCUT2D eigenvalue weighted by Gasteiger charge is 2.19. The van der Waals surface area contributed by atoms with E-state index < -0.39 is 0 Å². The van der Waals surface area contributed by atoms with E-state index in [1.165, 1.54) is 42.3 Å². The molecule has 24 heavy (non-hydrogen) atoms. The molecule has 3 nitrogen and oxygen atoms in total. The van der Waals surface area contributed by atoms with Crippen molar-refractivity contribution < 1.29 is 4.79 Å². The lowest BCUT2D eigenvalue weighted by molar-refractivity contribution is 0.0942. The summed E-state index contributed by atoms with van der Waals surface area (Å²) in [4.78, 5) is 12.7. The molecule has 1 heterocycles. The van der Waals surface area contributed by atoms with Gasteiger partial charge in [-0.3, -0.25) is 4.79 Å². The fraction of sp³-hybridized carbons (Fsp3) is 0.500. The van der Waals surface area contributed by atoms with Crippen molar-refractivity contribution in [3.8, 4) is 0 Å². The monoisotopic (exact) mass is 346 g/mol. The fourth-order valence-corrected chi connectivity index (χ4v) is 3.28. The van der Waals surface area contributed by atoms with Crippen LogP contribution in [0.25, 0.3) is 0 Å². The van der Waals surface area contributed by atoms with Crippen molar-refractivity contribution in [2.45, 2.75) is 65.7 Å². The summed E-state index contributed by atoms with van der Waals surface area (Å²) in [5.74, 6) is -0.157. The summed E-state index contributed by atoms with van der Waals surface area (Å²) in [5, 5.41) is 4.93. The number of carbonyl (C=O) groups is 1. The fourth-order valence-electron chi connectivity index (χ4n) is 3.07. The standard InChI is InChI=1S/C20H27ClN2O/c1-4-5-6-7-8-9-12-17-15(2)22-23(16(17)3)20(24)18-13-10-11-14-19(18)21/h10-11,13-14H,4-9,12H2,1-3H3. The summed E-state index contributed by atoms with van der Waals surface area (Å²) in [6, 6.07) is 7.12. The minimum absolute atomic E-state index is 0.157. The Labute approximate surface area is 150 Å². The Morgan fingerprint density at radius 2 is 1.75 bits per heavy atom. The first kappa shape index (κ1) is 18.7. The second kappa shape index (κ2) is 9.03. The third-order valence-corrected chi connectivity index (χ3v) is 4.85. The van der Waals surface area contributed by atoms with Crippen LogP contribution in [0.4, 0.5) is 0 Å². The molecule has 0 radical (unpaired) electrons.